The molecule has 0 unspecified atom stereocenters. The average Bonchev–Trinajstić information content (AvgIpc) is 2.87. The molecule has 0 bridgehead atoms. The highest BCUT2D eigenvalue weighted by molar-refractivity contribution is 7.99. The van der Waals surface area contributed by atoms with Crippen LogP contribution in [-0.2, 0) is 0 Å². The average molecular weight is 251 g/mol. The van der Waals surface area contributed by atoms with E-state index in [0.29, 0.717) is 0 Å². The Kier molecular flexibility index (Phi) is 5.10. The van der Waals surface area contributed by atoms with Crippen molar-refractivity contribution < 1.29 is 0 Å². The maximum Gasteiger partial charge on any atom is 0.223 e. The highest BCUT2D eigenvalue weighted by atomic mass is 32.2. The van der Waals surface area contributed by atoms with E-state index in [0.717, 1.165) is 29.9 Å². The van der Waals surface area contributed by atoms with Gasteiger partial charge in [0.25, 0.3) is 0 Å². The first-order chi connectivity index (χ1) is 8.38. The van der Waals surface area contributed by atoms with Gasteiger partial charge in [0.15, 0.2) is 0 Å². The summed E-state index contributed by atoms with van der Waals surface area (Å²) in [5.74, 6) is 2.88. The zero-order valence-electron chi connectivity index (χ0n) is 10.5. The van der Waals surface area contributed by atoms with Crippen molar-refractivity contribution in [3.63, 3.8) is 0 Å². The summed E-state index contributed by atoms with van der Waals surface area (Å²) in [6.45, 7) is 3.09. The number of hydrogen-bond acceptors (Lipinski definition) is 4. The highest BCUT2D eigenvalue weighted by Crippen LogP contribution is 2.30. The first kappa shape index (κ1) is 12.7. The van der Waals surface area contributed by atoms with Crippen LogP contribution in [0.25, 0.3) is 0 Å². The van der Waals surface area contributed by atoms with E-state index in [4.69, 9.17) is 0 Å². The van der Waals surface area contributed by atoms with Crippen molar-refractivity contribution in [3.05, 3.63) is 12.3 Å². The van der Waals surface area contributed by atoms with Gasteiger partial charge in [-0.05, 0) is 31.2 Å². The molecule has 1 fully saturated rings. The predicted molar refractivity (Wildman–Crippen MR) is 73.5 cm³/mol. The van der Waals surface area contributed by atoms with Crippen LogP contribution in [0.1, 0.15) is 39.0 Å². The lowest BCUT2D eigenvalue weighted by atomic mass is 10.1. The van der Waals surface area contributed by atoms with Gasteiger partial charge in [-0.3, -0.25) is 0 Å². The highest BCUT2D eigenvalue weighted by Gasteiger charge is 2.15. The summed E-state index contributed by atoms with van der Waals surface area (Å²) in [5.41, 5.74) is 0. The third-order valence-corrected chi connectivity index (χ3v) is 4.27. The zero-order chi connectivity index (χ0) is 11.9. The smallest absolute Gasteiger partial charge is 0.223 e. The molecule has 17 heavy (non-hydrogen) atoms. The number of hydrogen-bond donors (Lipinski definition) is 1. The predicted octanol–water partition coefficient (Wildman–Crippen LogP) is 3.58. The minimum Gasteiger partial charge on any atom is -0.354 e. The van der Waals surface area contributed by atoms with E-state index in [2.05, 4.69) is 22.2 Å². The Morgan fingerprint density at radius 3 is 3.00 bits per heavy atom. The molecule has 1 heterocycles. The van der Waals surface area contributed by atoms with E-state index in [-0.39, 0.29) is 0 Å². The molecule has 1 aliphatic rings. The third kappa shape index (κ3) is 4.19. The van der Waals surface area contributed by atoms with E-state index in [1.807, 2.05) is 24.0 Å². The molecule has 1 saturated carbocycles. The van der Waals surface area contributed by atoms with E-state index >= 15 is 0 Å². The van der Waals surface area contributed by atoms with Crippen molar-refractivity contribution in [1.82, 2.24) is 9.97 Å². The molecule has 1 N–H and O–H groups in total. The summed E-state index contributed by atoms with van der Waals surface area (Å²) in [5, 5.41) is 4.33. The lowest BCUT2D eigenvalue weighted by Crippen LogP contribution is -2.04. The molecular weight excluding hydrogens is 230 g/mol. The largest absolute Gasteiger partial charge is 0.354 e. The fourth-order valence-electron chi connectivity index (χ4n) is 2.12. The molecule has 0 amide bonds. The lowest BCUT2D eigenvalue weighted by Gasteiger charge is -2.08. The van der Waals surface area contributed by atoms with Gasteiger partial charge in [0, 0.05) is 18.5 Å². The first-order valence-corrected chi connectivity index (χ1v) is 7.56. The van der Waals surface area contributed by atoms with Crippen molar-refractivity contribution in [2.75, 3.05) is 17.6 Å². The summed E-state index contributed by atoms with van der Waals surface area (Å²) in [6, 6.07) is 2.01. The zero-order valence-corrected chi connectivity index (χ0v) is 11.3. The maximum absolute atomic E-state index is 4.51. The quantitative estimate of drug-likeness (QED) is 0.619. The van der Waals surface area contributed by atoms with E-state index in [1.165, 1.54) is 31.4 Å². The lowest BCUT2D eigenvalue weighted by molar-refractivity contribution is 0.623. The van der Waals surface area contributed by atoms with Gasteiger partial charge in [-0.25, -0.2) is 9.97 Å². The Labute approximate surface area is 108 Å². The van der Waals surface area contributed by atoms with Gasteiger partial charge in [0.05, 0.1) is 0 Å². The summed E-state index contributed by atoms with van der Waals surface area (Å²) < 4.78 is 0. The van der Waals surface area contributed by atoms with Crippen molar-refractivity contribution in [3.8, 4) is 0 Å². The second kappa shape index (κ2) is 6.84. The second-order valence-electron chi connectivity index (χ2n) is 4.61. The Hall–Kier alpha value is -0.770. The number of aromatic nitrogens is 2. The van der Waals surface area contributed by atoms with Crippen LogP contribution >= 0.6 is 11.8 Å². The van der Waals surface area contributed by atoms with Gasteiger partial charge >= 0.3 is 0 Å². The summed E-state index contributed by atoms with van der Waals surface area (Å²) in [7, 11) is 0. The van der Waals surface area contributed by atoms with E-state index in [9.17, 15) is 0 Å². The fourth-order valence-corrected chi connectivity index (χ4v) is 3.17. The Balaban J connectivity index is 1.82. The minimum atomic E-state index is 0.767. The van der Waals surface area contributed by atoms with Crippen molar-refractivity contribution in [2.24, 2.45) is 5.92 Å². The van der Waals surface area contributed by atoms with Crippen LogP contribution in [0, 0.1) is 5.92 Å². The van der Waals surface area contributed by atoms with E-state index in [1.54, 1.807) is 0 Å². The summed E-state index contributed by atoms with van der Waals surface area (Å²) >= 11 is 1.87. The molecule has 0 spiro atoms. The van der Waals surface area contributed by atoms with Crippen molar-refractivity contribution >= 4 is 17.7 Å². The second-order valence-corrected chi connectivity index (χ2v) is 5.65. The number of nitrogens with one attached hydrogen (secondary N) is 1. The van der Waals surface area contributed by atoms with Crippen LogP contribution in [0.2, 0.25) is 0 Å². The van der Waals surface area contributed by atoms with Gasteiger partial charge in [0.1, 0.15) is 5.03 Å². The van der Waals surface area contributed by atoms with Crippen LogP contribution < -0.4 is 5.32 Å². The molecule has 0 saturated heterocycles. The molecule has 0 aromatic carbocycles. The Morgan fingerprint density at radius 2 is 2.24 bits per heavy atom. The monoisotopic (exact) mass is 251 g/mol. The molecule has 1 aromatic heterocycles. The van der Waals surface area contributed by atoms with Gasteiger partial charge < -0.3 is 5.32 Å². The van der Waals surface area contributed by atoms with Crippen molar-refractivity contribution in [1.29, 1.82) is 0 Å². The van der Waals surface area contributed by atoms with Crippen LogP contribution in [0.3, 0.4) is 0 Å². The molecule has 2 rings (SSSR count). The van der Waals surface area contributed by atoms with Gasteiger partial charge in [-0.15, -0.1) is 11.8 Å². The number of thioether (sulfide) groups is 1. The molecule has 94 valence electrons. The minimum absolute atomic E-state index is 0.767. The Bertz CT molecular complexity index is 337. The van der Waals surface area contributed by atoms with Crippen LogP contribution in [0.5, 0.6) is 0 Å². The fraction of sp³-hybridized carbons (Fsp3) is 0.692. The molecule has 0 aliphatic heterocycles. The number of nitrogens with zero attached hydrogens (tertiary/aromatic N) is 2. The molecule has 4 heteroatoms. The third-order valence-electron chi connectivity index (χ3n) is 3.10. The molecule has 0 radical (unpaired) electrons. The maximum atomic E-state index is 4.51. The molecule has 1 aliphatic carbocycles. The normalized spacial score (nSPS) is 16.3. The van der Waals surface area contributed by atoms with Gasteiger partial charge in [-0.2, -0.15) is 0 Å². The van der Waals surface area contributed by atoms with Gasteiger partial charge in [-0.1, -0.05) is 19.8 Å². The van der Waals surface area contributed by atoms with E-state index < -0.39 is 0 Å². The first-order valence-electron chi connectivity index (χ1n) is 6.58. The molecule has 1 aromatic rings. The molecule has 0 atom stereocenters. The Morgan fingerprint density at radius 1 is 1.41 bits per heavy atom. The van der Waals surface area contributed by atoms with Crippen LogP contribution in [0.4, 0.5) is 5.95 Å². The van der Waals surface area contributed by atoms with Crippen LogP contribution in [0.15, 0.2) is 17.3 Å². The van der Waals surface area contributed by atoms with Crippen molar-refractivity contribution in [2.45, 2.75) is 44.1 Å². The topological polar surface area (TPSA) is 37.8 Å². The molecular formula is C13H21N3S. The SMILES string of the molecule is CCCNc1nccc(SCC2CCCC2)n1. The summed E-state index contributed by atoms with van der Waals surface area (Å²) in [6.07, 6.45) is 8.58. The number of rotatable bonds is 6. The molecule has 3 nitrogen and oxygen atoms in total. The number of anilines is 1. The summed E-state index contributed by atoms with van der Waals surface area (Å²) in [4.78, 5) is 8.73. The van der Waals surface area contributed by atoms with Crippen LogP contribution in [-0.4, -0.2) is 22.3 Å². The standard InChI is InChI=1S/C13H21N3S/c1-2-8-14-13-15-9-7-12(16-13)17-10-11-5-3-4-6-11/h7,9,11H,2-6,8,10H2,1H3,(H,14,15,16). The van der Waals surface area contributed by atoms with Gasteiger partial charge in [0.2, 0.25) is 5.95 Å².